The summed E-state index contributed by atoms with van der Waals surface area (Å²) in [5.74, 6) is -1.03. The number of nitrogens with zero attached hydrogens (tertiary/aromatic N) is 1. The minimum absolute atomic E-state index is 0.274. The fraction of sp³-hybridized carbons (Fsp3) is 0.308. The smallest absolute Gasteiger partial charge is 0.326 e. The molecular formula is C13H13NO4S2. The first kappa shape index (κ1) is 14.8. The molecule has 7 heteroatoms. The molecule has 0 spiro atoms. The molecule has 5 nitrogen and oxygen atoms in total. The molecule has 0 saturated carbocycles. The maximum absolute atomic E-state index is 12.1. The van der Waals surface area contributed by atoms with Crippen molar-refractivity contribution >= 4 is 46.3 Å². The highest BCUT2D eigenvalue weighted by molar-refractivity contribution is 8.18. The quantitative estimate of drug-likeness (QED) is 0.632. The number of esters is 1. The molecule has 2 heterocycles. The average molecular weight is 311 g/mol. The van der Waals surface area contributed by atoms with Gasteiger partial charge in [-0.2, -0.15) is 0 Å². The second kappa shape index (κ2) is 6.23. The first-order chi connectivity index (χ1) is 9.47. The van der Waals surface area contributed by atoms with Crippen LogP contribution in [-0.2, 0) is 14.3 Å². The molecule has 106 valence electrons. The van der Waals surface area contributed by atoms with Crippen molar-refractivity contribution < 1.29 is 19.1 Å². The second-order valence-corrected chi connectivity index (χ2v) is 6.29. The van der Waals surface area contributed by atoms with Crippen LogP contribution >= 0.6 is 23.1 Å². The van der Waals surface area contributed by atoms with Crippen molar-refractivity contribution in [1.29, 1.82) is 0 Å². The van der Waals surface area contributed by atoms with Crippen molar-refractivity contribution in [3.63, 3.8) is 0 Å². The topological polar surface area (TPSA) is 63.7 Å². The van der Waals surface area contributed by atoms with Gasteiger partial charge in [0, 0.05) is 4.88 Å². The lowest BCUT2D eigenvalue weighted by Crippen LogP contribution is -2.35. The lowest BCUT2D eigenvalue weighted by Gasteiger charge is -2.13. The number of hydrogen-bond acceptors (Lipinski definition) is 6. The fourth-order valence-electron chi connectivity index (χ4n) is 1.57. The molecule has 0 radical (unpaired) electrons. The molecule has 1 aromatic rings. The number of thioether (sulfide) groups is 1. The third-order valence-electron chi connectivity index (χ3n) is 2.34. The zero-order valence-corrected chi connectivity index (χ0v) is 12.6. The van der Waals surface area contributed by atoms with Gasteiger partial charge in [-0.3, -0.25) is 19.3 Å². The molecule has 1 aromatic heterocycles. The van der Waals surface area contributed by atoms with Crippen molar-refractivity contribution in [2.24, 2.45) is 0 Å². The molecule has 2 amide bonds. The van der Waals surface area contributed by atoms with Crippen molar-refractivity contribution in [2.75, 3.05) is 6.54 Å². The van der Waals surface area contributed by atoms with E-state index in [0.717, 1.165) is 21.5 Å². The molecule has 1 fully saturated rings. The van der Waals surface area contributed by atoms with Crippen LogP contribution in [0.5, 0.6) is 0 Å². The average Bonchev–Trinajstić information content (AvgIpc) is 2.93. The van der Waals surface area contributed by atoms with E-state index < -0.39 is 17.1 Å². The van der Waals surface area contributed by atoms with E-state index >= 15 is 0 Å². The van der Waals surface area contributed by atoms with Crippen LogP contribution in [-0.4, -0.2) is 34.7 Å². The highest BCUT2D eigenvalue weighted by Gasteiger charge is 2.36. The number of amides is 2. The van der Waals surface area contributed by atoms with Crippen LogP contribution in [0.4, 0.5) is 4.79 Å². The fourth-order valence-corrected chi connectivity index (χ4v) is 3.13. The molecule has 1 aliphatic rings. The van der Waals surface area contributed by atoms with Gasteiger partial charge in [-0.05, 0) is 43.1 Å². The van der Waals surface area contributed by atoms with Gasteiger partial charge in [0.05, 0.1) is 11.0 Å². The second-order valence-electron chi connectivity index (χ2n) is 4.32. The van der Waals surface area contributed by atoms with Gasteiger partial charge < -0.3 is 4.74 Å². The first-order valence-electron chi connectivity index (χ1n) is 5.95. The van der Waals surface area contributed by atoms with Gasteiger partial charge in [-0.15, -0.1) is 11.3 Å². The predicted molar refractivity (Wildman–Crippen MR) is 78.2 cm³/mol. The maximum Gasteiger partial charge on any atom is 0.326 e. The highest BCUT2D eigenvalue weighted by atomic mass is 32.2. The number of carbonyl (C=O) groups excluding carboxylic acids is 3. The van der Waals surface area contributed by atoms with Crippen LogP contribution in [0.2, 0.25) is 0 Å². The molecule has 0 bridgehead atoms. The van der Waals surface area contributed by atoms with Crippen molar-refractivity contribution in [3.8, 4) is 0 Å². The summed E-state index contributed by atoms with van der Waals surface area (Å²) < 4.78 is 4.94. The molecular weight excluding hydrogens is 298 g/mol. The normalized spacial score (nSPS) is 17.4. The third-order valence-corrected chi connectivity index (χ3v) is 4.07. The van der Waals surface area contributed by atoms with Crippen LogP contribution < -0.4 is 0 Å². The molecule has 2 rings (SSSR count). The van der Waals surface area contributed by atoms with Gasteiger partial charge in [-0.25, -0.2) is 0 Å². The Bertz CT molecular complexity index is 563. The van der Waals surface area contributed by atoms with Crippen LogP contribution in [0.1, 0.15) is 18.7 Å². The van der Waals surface area contributed by atoms with E-state index in [1.54, 1.807) is 19.9 Å². The lowest BCUT2D eigenvalue weighted by atomic mass is 10.3. The van der Waals surface area contributed by atoms with E-state index in [0.29, 0.717) is 4.91 Å². The van der Waals surface area contributed by atoms with E-state index in [-0.39, 0.29) is 12.6 Å². The van der Waals surface area contributed by atoms with Crippen molar-refractivity contribution in [3.05, 3.63) is 27.3 Å². The van der Waals surface area contributed by atoms with Crippen LogP contribution in [0.25, 0.3) is 6.08 Å². The van der Waals surface area contributed by atoms with Gasteiger partial charge in [0.25, 0.3) is 11.1 Å². The SMILES string of the molecule is CC(C)OC(=O)CN1C(=O)S/C(=C/c2cccs2)C1=O. The number of ether oxygens (including phenoxy) is 1. The summed E-state index contributed by atoms with van der Waals surface area (Å²) in [4.78, 5) is 37.5. The van der Waals surface area contributed by atoms with Gasteiger partial charge in [-0.1, -0.05) is 6.07 Å². The number of thiophene rings is 1. The van der Waals surface area contributed by atoms with Crippen LogP contribution in [0, 0.1) is 0 Å². The zero-order valence-electron chi connectivity index (χ0n) is 11.0. The Labute approximate surface area is 124 Å². The van der Waals surface area contributed by atoms with Gasteiger partial charge in [0.1, 0.15) is 6.54 Å². The Morgan fingerprint density at radius 3 is 2.80 bits per heavy atom. The van der Waals surface area contributed by atoms with Crippen LogP contribution in [0.15, 0.2) is 22.4 Å². The third kappa shape index (κ3) is 3.49. The molecule has 1 aliphatic heterocycles. The summed E-state index contributed by atoms with van der Waals surface area (Å²) in [5, 5.41) is 1.44. The van der Waals surface area contributed by atoms with E-state index in [2.05, 4.69) is 0 Å². The van der Waals surface area contributed by atoms with Gasteiger partial charge in [0.15, 0.2) is 0 Å². The largest absolute Gasteiger partial charge is 0.462 e. The number of rotatable bonds is 4. The summed E-state index contributed by atoms with van der Waals surface area (Å²) in [6, 6.07) is 3.71. The van der Waals surface area contributed by atoms with Gasteiger partial charge in [0.2, 0.25) is 0 Å². The summed E-state index contributed by atoms with van der Waals surface area (Å²) in [5.41, 5.74) is 0. The minimum atomic E-state index is -0.584. The van der Waals surface area contributed by atoms with Gasteiger partial charge >= 0.3 is 5.97 Å². The Hall–Kier alpha value is -1.60. The summed E-state index contributed by atoms with van der Waals surface area (Å²) in [6.07, 6.45) is 1.38. The molecule has 0 aromatic carbocycles. The summed E-state index contributed by atoms with van der Waals surface area (Å²) in [7, 11) is 0. The predicted octanol–water partition coefficient (Wildman–Crippen LogP) is 2.74. The first-order valence-corrected chi connectivity index (χ1v) is 7.65. The van der Waals surface area contributed by atoms with Crippen molar-refractivity contribution in [1.82, 2.24) is 4.90 Å². The number of imide groups is 1. The standard InChI is InChI=1S/C13H13NO4S2/c1-8(2)18-11(15)7-14-12(16)10(20-13(14)17)6-9-4-3-5-19-9/h3-6,8H,7H2,1-2H3/b10-6+. The molecule has 20 heavy (non-hydrogen) atoms. The number of carbonyl (C=O) groups is 3. The monoisotopic (exact) mass is 311 g/mol. The Balaban J connectivity index is 2.07. The Morgan fingerprint density at radius 2 is 2.20 bits per heavy atom. The van der Waals surface area contributed by atoms with E-state index in [9.17, 15) is 14.4 Å². The Kier molecular flexibility index (Phi) is 4.61. The van der Waals surface area contributed by atoms with E-state index in [1.807, 2.05) is 17.5 Å². The minimum Gasteiger partial charge on any atom is -0.462 e. The number of hydrogen-bond donors (Lipinski definition) is 0. The summed E-state index contributed by atoms with van der Waals surface area (Å²) in [6.45, 7) is 3.08. The zero-order chi connectivity index (χ0) is 14.7. The molecule has 0 atom stereocenters. The molecule has 1 saturated heterocycles. The van der Waals surface area contributed by atoms with Crippen LogP contribution in [0.3, 0.4) is 0 Å². The lowest BCUT2D eigenvalue weighted by molar-refractivity contribution is -0.149. The summed E-state index contributed by atoms with van der Waals surface area (Å²) >= 11 is 2.31. The van der Waals surface area contributed by atoms with Crippen molar-refractivity contribution in [2.45, 2.75) is 20.0 Å². The van der Waals surface area contributed by atoms with E-state index in [4.69, 9.17) is 4.74 Å². The molecule has 0 unspecified atom stereocenters. The molecule has 0 N–H and O–H groups in total. The highest BCUT2D eigenvalue weighted by Crippen LogP contribution is 2.32. The molecule has 0 aliphatic carbocycles. The maximum atomic E-state index is 12.1. The Morgan fingerprint density at radius 1 is 1.45 bits per heavy atom. The van der Waals surface area contributed by atoms with E-state index in [1.165, 1.54) is 11.3 Å².